The van der Waals surface area contributed by atoms with Crippen LogP contribution in [0.5, 0.6) is 5.75 Å². The lowest BCUT2D eigenvalue weighted by Gasteiger charge is -2.20. The topological polar surface area (TPSA) is 60.5 Å². The lowest BCUT2D eigenvalue weighted by molar-refractivity contribution is -0.121. The summed E-state index contributed by atoms with van der Waals surface area (Å²) >= 11 is 1.67. The number of fused-ring (bicyclic) bond motifs is 1. The fourth-order valence-electron chi connectivity index (χ4n) is 3.05. The lowest BCUT2D eigenvalue weighted by Crippen LogP contribution is -2.23. The first kappa shape index (κ1) is 17.7. The maximum Gasteiger partial charge on any atom is 0.220 e. The van der Waals surface area contributed by atoms with Crippen molar-refractivity contribution in [3.05, 3.63) is 70.9 Å². The summed E-state index contributed by atoms with van der Waals surface area (Å²) in [5.74, 6) is 0.905. The van der Waals surface area contributed by atoms with Crippen LogP contribution in [0.1, 0.15) is 22.4 Å². The fraction of sp³-hybridized carbons (Fsp3) is 0.238. The number of benzene rings is 1. The molecule has 0 atom stereocenters. The van der Waals surface area contributed by atoms with Gasteiger partial charge < -0.3 is 14.8 Å². The Balaban J connectivity index is 1.30. The van der Waals surface area contributed by atoms with Crippen LogP contribution < -0.4 is 10.1 Å². The normalized spacial score (nSPS) is 12.9. The Kier molecular flexibility index (Phi) is 5.46. The van der Waals surface area contributed by atoms with E-state index in [0.717, 1.165) is 32.2 Å². The summed E-state index contributed by atoms with van der Waals surface area (Å²) in [5, 5.41) is 3.01. The van der Waals surface area contributed by atoms with E-state index in [0.29, 0.717) is 32.8 Å². The van der Waals surface area contributed by atoms with E-state index >= 15 is 0 Å². The first-order valence-electron chi connectivity index (χ1n) is 8.87. The quantitative estimate of drug-likeness (QED) is 0.704. The largest absolute Gasteiger partial charge is 0.467 e. The van der Waals surface area contributed by atoms with Gasteiger partial charge in [-0.15, -0.1) is 11.3 Å². The van der Waals surface area contributed by atoms with Crippen molar-refractivity contribution in [3.8, 4) is 16.2 Å². The molecule has 1 aliphatic heterocycles. The molecule has 0 radical (unpaired) electrons. The predicted molar refractivity (Wildman–Crippen MR) is 104 cm³/mol. The van der Waals surface area contributed by atoms with E-state index in [4.69, 9.17) is 9.47 Å². The monoisotopic (exact) mass is 380 g/mol. The number of ether oxygens (including phenoxy) is 2. The third-order valence-corrected chi connectivity index (χ3v) is 5.60. The summed E-state index contributed by atoms with van der Waals surface area (Å²) in [5.41, 5.74) is 3.26. The number of nitrogens with zero attached hydrogens (tertiary/aromatic N) is 1. The van der Waals surface area contributed by atoms with Crippen molar-refractivity contribution < 1.29 is 14.3 Å². The number of hydrogen-bond acceptors (Lipinski definition) is 5. The predicted octanol–water partition coefficient (Wildman–Crippen LogP) is 3.93. The molecule has 138 valence electrons. The number of amides is 1. The molecular weight excluding hydrogens is 360 g/mol. The second-order valence-corrected chi connectivity index (χ2v) is 7.46. The van der Waals surface area contributed by atoms with Gasteiger partial charge in [-0.2, -0.15) is 0 Å². The Morgan fingerprint density at radius 2 is 2.15 bits per heavy atom. The Hall–Kier alpha value is -2.70. The molecule has 0 spiro atoms. The summed E-state index contributed by atoms with van der Waals surface area (Å²) in [6, 6.07) is 14.0. The van der Waals surface area contributed by atoms with Crippen LogP contribution in [-0.2, 0) is 29.1 Å². The van der Waals surface area contributed by atoms with Crippen molar-refractivity contribution in [1.82, 2.24) is 10.3 Å². The van der Waals surface area contributed by atoms with Crippen LogP contribution in [0.4, 0.5) is 0 Å². The number of nitrogens with one attached hydrogen (secondary N) is 1. The number of aryl methyl sites for hydroxylation is 1. The SMILES string of the molecule is O=C(CCc1cccc2c1COCO2)NCc1ccc(-c2cccnc2)s1. The number of rotatable bonds is 6. The molecule has 1 aromatic carbocycles. The molecule has 1 N–H and O–H groups in total. The molecule has 4 rings (SSSR count). The van der Waals surface area contributed by atoms with Crippen LogP contribution >= 0.6 is 11.3 Å². The smallest absolute Gasteiger partial charge is 0.220 e. The Labute approximate surface area is 162 Å². The lowest BCUT2D eigenvalue weighted by atomic mass is 10.0. The maximum absolute atomic E-state index is 12.3. The van der Waals surface area contributed by atoms with Gasteiger partial charge in [-0.3, -0.25) is 9.78 Å². The van der Waals surface area contributed by atoms with Crippen LogP contribution in [0.3, 0.4) is 0 Å². The molecule has 0 fully saturated rings. The van der Waals surface area contributed by atoms with Gasteiger partial charge in [0, 0.05) is 39.7 Å². The van der Waals surface area contributed by atoms with Crippen molar-refractivity contribution in [3.63, 3.8) is 0 Å². The summed E-state index contributed by atoms with van der Waals surface area (Å²) in [4.78, 5) is 18.7. The number of carbonyl (C=O) groups excluding carboxylic acids is 1. The highest BCUT2D eigenvalue weighted by Gasteiger charge is 2.15. The van der Waals surface area contributed by atoms with E-state index in [1.807, 2.05) is 36.5 Å². The minimum Gasteiger partial charge on any atom is -0.467 e. The highest BCUT2D eigenvalue weighted by molar-refractivity contribution is 7.15. The Bertz CT molecular complexity index is 924. The van der Waals surface area contributed by atoms with Crippen molar-refractivity contribution in [2.75, 3.05) is 6.79 Å². The van der Waals surface area contributed by atoms with Gasteiger partial charge in [-0.25, -0.2) is 0 Å². The highest BCUT2D eigenvalue weighted by atomic mass is 32.1. The zero-order valence-corrected chi connectivity index (χ0v) is 15.6. The van der Waals surface area contributed by atoms with Gasteiger partial charge in [-0.1, -0.05) is 18.2 Å². The zero-order valence-electron chi connectivity index (χ0n) is 14.8. The summed E-state index contributed by atoms with van der Waals surface area (Å²) in [7, 11) is 0. The number of hydrogen-bond donors (Lipinski definition) is 1. The molecule has 5 nitrogen and oxygen atoms in total. The van der Waals surface area contributed by atoms with Gasteiger partial charge in [0.15, 0.2) is 6.79 Å². The minimum absolute atomic E-state index is 0.0431. The molecule has 27 heavy (non-hydrogen) atoms. The van der Waals surface area contributed by atoms with E-state index in [1.54, 1.807) is 17.5 Å². The maximum atomic E-state index is 12.3. The van der Waals surface area contributed by atoms with E-state index in [9.17, 15) is 4.79 Å². The Morgan fingerprint density at radius 1 is 1.19 bits per heavy atom. The third kappa shape index (κ3) is 4.35. The molecule has 3 heterocycles. The van der Waals surface area contributed by atoms with Crippen molar-refractivity contribution in [1.29, 1.82) is 0 Å². The van der Waals surface area contributed by atoms with Gasteiger partial charge in [0.2, 0.25) is 5.91 Å². The molecule has 2 aromatic heterocycles. The molecule has 1 amide bonds. The minimum atomic E-state index is 0.0431. The summed E-state index contributed by atoms with van der Waals surface area (Å²) in [6.45, 7) is 1.38. The van der Waals surface area contributed by atoms with Crippen LogP contribution in [0.25, 0.3) is 10.4 Å². The number of carbonyl (C=O) groups is 1. The molecule has 0 saturated carbocycles. The molecule has 1 aliphatic rings. The third-order valence-electron chi connectivity index (χ3n) is 4.46. The number of pyridine rings is 1. The van der Waals surface area contributed by atoms with Crippen LogP contribution in [0.15, 0.2) is 54.9 Å². The van der Waals surface area contributed by atoms with Gasteiger partial charge in [0.1, 0.15) is 5.75 Å². The van der Waals surface area contributed by atoms with Gasteiger partial charge in [0.05, 0.1) is 13.2 Å². The van der Waals surface area contributed by atoms with E-state index in [2.05, 4.69) is 22.4 Å². The second-order valence-electron chi connectivity index (χ2n) is 6.29. The summed E-state index contributed by atoms with van der Waals surface area (Å²) < 4.78 is 10.9. The second kappa shape index (κ2) is 8.33. The number of thiophene rings is 1. The van der Waals surface area contributed by atoms with Crippen LogP contribution in [-0.4, -0.2) is 17.7 Å². The summed E-state index contributed by atoms with van der Waals surface area (Å²) in [6.07, 6.45) is 4.73. The molecule has 6 heteroatoms. The average molecular weight is 380 g/mol. The van der Waals surface area contributed by atoms with Crippen molar-refractivity contribution in [2.45, 2.75) is 26.0 Å². The number of aromatic nitrogens is 1. The van der Waals surface area contributed by atoms with Gasteiger partial charge in [-0.05, 0) is 36.2 Å². The zero-order chi connectivity index (χ0) is 18.5. The van der Waals surface area contributed by atoms with Gasteiger partial charge >= 0.3 is 0 Å². The van der Waals surface area contributed by atoms with Crippen molar-refractivity contribution in [2.24, 2.45) is 0 Å². The van der Waals surface area contributed by atoms with Crippen LogP contribution in [0, 0.1) is 0 Å². The van der Waals surface area contributed by atoms with E-state index in [-0.39, 0.29) is 5.91 Å². The molecule has 0 saturated heterocycles. The first-order valence-corrected chi connectivity index (χ1v) is 9.68. The molecule has 3 aromatic rings. The fourth-order valence-corrected chi connectivity index (χ4v) is 3.99. The van der Waals surface area contributed by atoms with Crippen molar-refractivity contribution >= 4 is 17.2 Å². The Morgan fingerprint density at radius 3 is 3.04 bits per heavy atom. The standard InChI is InChI=1S/C21H20N2O3S/c24-21(9-6-15-3-1-5-19-18(15)13-25-14-26-19)23-12-17-7-8-20(27-17)16-4-2-10-22-11-16/h1-5,7-8,10-11H,6,9,12-14H2,(H,23,24). The van der Waals surface area contributed by atoms with E-state index < -0.39 is 0 Å². The van der Waals surface area contributed by atoms with Gasteiger partial charge in [0.25, 0.3) is 0 Å². The molecule has 0 unspecified atom stereocenters. The molecule has 0 aliphatic carbocycles. The van der Waals surface area contributed by atoms with E-state index in [1.165, 1.54) is 0 Å². The van der Waals surface area contributed by atoms with Crippen LogP contribution in [0.2, 0.25) is 0 Å². The molecular formula is C21H20N2O3S. The molecule has 0 bridgehead atoms. The first-order chi connectivity index (χ1) is 13.3. The highest BCUT2D eigenvalue weighted by Crippen LogP contribution is 2.28. The average Bonchev–Trinajstić information content (AvgIpc) is 3.20.